The molecule has 0 atom stereocenters. The molecule has 0 heterocycles. The van der Waals surface area contributed by atoms with Crippen LogP contribution in [0.5, 0.6) is 0 Å². The van der Waals surface area contributed by atoms with Crippen molar-refractivity contribution in [3.05, 3.63) is 72.8 Å². The maximum atomic E-state index is 5.73. The van der Waals surface area contributed by atoms with Crippen LogP contribution in [0, 0.1) is 0 Å². The van der Waals surface area contributed by atoms with Gasteiger partial charge in [0.05, 0.1) is 0 Å². The Balaban J connectivity index is 2.13. The number of hydrogen-bond donors (Lipinski definition) is 0. The second-order valence-corrected chi connectivity index (χ2v) is 6.22. The van der Waals surface area contributed by atoms with E-state index in [9.17, 15) is 0 Å². The van der Waals surface area contributed by atoms with Crippen molar-refractivity contribution in [2.75, 3.05) is 0 Å². The number of rotatable bonds is 4. The zero-order valence-electron chi connectivity index (χ0n) is 10.3. The molecular weight excluding hydrogens is 358 g/mol. The van der Waals surface area contributed by atoms with Crippen LogP contribution in [0.4, 0.5) is 0 Å². The number of ether oxygens (including phenoxy) is 1. The Labute approximate surface area is 131 Å². The molecule has 0 aliphatic heterocycles. The summed E-state index contributed by atoms with van der Waals surface area (Å²) in [4.78, 5) is 0. The van der Waals surface area contributed by atoms with Gasteiger partial charge in [0.25, 0.3) is 0 Å². The predicted octanol–water partition coefficient (Wildman–Crippen LogP) is 1.93. The monoisotopic (exact) mass is 370 g/mol. The van der Waals surface area contributed by atoms with E-state index in [0.717, 1.165) is 19.8 Å². The SMILES string of the molecule is C=C(OC(=C)c1cccc([As])c1)c1cccc([As])c1. The molecule has 0 fully saturated rings. The van der Waals surface area contributed by atoms with Gasteiger partial charge in [-0.05, 0) is 0 Å². The first-order valence-corrected chi connectivity index (χ1v) is 7.58. The van der Waals surface area contributed by atoms with Crippen LogP contribution in [0.15, 0.2) is 61.7 Å². The van der Waals surface area contributed by atoms with E-state index >= 15 is 0 Å². The molecule has 0 N–H and O–H groups in total. The number of benzene rings is 2. The molecule has 2 rings (SSSR count). The van der Waals surface area contributed by atoms with E-state index in [1.54, 1.807) is 0 Å². The topological polar surface area (TPSA) is 9.23 Å². The third-order valence-electron chi connectivity index (χ3n) is 2.58. The van der Waals surface area contributed by atoms with Gasteiger partial charge in [-0.2, -0.15) is 0 Å². The van der Waals surface area contributed by atoms with E-state index in [1.807, 2.05) is 48.5 Å². The van der Waals surface area contributed by atoms with Crippen LogP contribution in [0.1, 0.15) is 11.1 Å². The second-order valence-electron chi connectivity index (χ2n) is 4.05. The molecule has 1 nitrogen and oxygen atoms in total. The van der Waals surface area contributed by atoms with Gasteiger partial charge in [0.2, 0.25) is 0 Å². The minimum atomic E-state index is 0.605. The number of hydrogen-bond acceptors (Lipinski definition) is 1. The predicted molar refractivity (Wildman–Crippen MR) is 82.8 cm³/mol. The van der Waals surface area contributed by atoms with Crippen LogP contribution >= 0.6 is 0 Å². The van der Waals surface area contributed by atoms with Crippen molar-refractivity contribution in [2.45, 2.75) is 0 Å². The summed E-state index contributed by atoms with van der Waals surface area (Å²) in [6.07, 6.45) is 0. The summed E-state index contributed by atoms with van der Waals surface area (Å²) >= 11 is 5.01. The van der Waals surface area contributed by atoms with Crippen molar-refractivity contribution in [1.29, 1.82) is 0 Å². The van der Waals surface area contributed by atoms with Gasteiger partial charge in [0, 0.05) is 0 Å². The van der Waals surface area contributed by atoms with E-state index in [1.165, 1.54) is 0 Å². The molecule has 0 unspecified atom stereocenters. The van der Waals surface area contributed by atoms with E-state index < -0.39 is 0 Å². The molecule has 92 valence electrons. The third kappa shape index (κ3) is 3.90. The Morgan fingerprint density at radius 3 is 1.58 bits per heavy atom. The van der Waals surface area contributed by atoms with Gasteiger partial charge in [-0.15, -0.1) is 0 Å². The zero-order chi connectivity index (χ0) is 13.8. The molecule has 2 aromatic rings. The van der Waals surface area contributed by atoms with Crippen LogP contribution < -0.4 is 8.70 Å². The molecule has 0 aliphatic carbocycles. The van der Waals surface area contributed by atoms with Crippen molar-refractivity contribution in [3.63, 3.8) is 0 Å². The van der Waals surface area contributed by atoms with Gasteiger partial charge in [0.15, 0.2) is 0 Å². The van der Waals surface area contributed by atoms with E-state index in [2.05, 4.69) is 46.9 Å². The molecule has 0 bridgehead atoms. The Morgan fingerprint density at radius 1 is 0.789 bits per heavy atom. The van der Waals surface area contributed by atoms with Crippen LogP contribution in [-0.4, -0.2) is 33.7 Å². The Kier molecular flexibility index (Phi) is 4.74. The molecule has 3 heteroatoms. The van der Waals surface area contributed by atoms with Crippen LogP contribution in [0.3, 0.4) is 0 Å². The molecule has 0 saturated carbocycles. The summed E-state index contributed by atoms with van der Waals surface area (Å²) in [5, 5.41) is 0. The molecule has 19 heavy (non-hydrogen) atoms. The molecular formula is C16H12As2O. The standard InChI is InChI=1S/C16H12As2O/c1-11(13-5-3-7-15(17)9-13)19-12(2)14-6-4-8-16(18)10-14/h3-10H,1-2H2. The quantitative estimate of drug-likeness (QED) is 0.591. The molecule has 0 spiro atoms. The van der Waals surface area contributed by atoms with Gasteiger partial charge < -0.3 is 0 Å². The summed E-state index contributed by atoms with van der Waals surface area (Å²) in [6, 6.07) is 16.0. The molecule has 0 aromatic heterocycles. The second kappa shape index (κ2) is 6.33. The van der Waals surface area contributed by atoms with Crippen molar-refractivity contribution < 1.29 is 4.74 Å². The first-order chi connectivity index (χ1) is 9.06. The van der Waals surface area contributed by atoms with Gasteiger partial charge in [0.1, 0.15) is 0 Å². The third-order valence-corrected chi connectivity index (χ3v) is 3.75. The average molecular weight is 370 g/mol. The normalized spacial score (nSPS) is 10.0. The summed E-state index contributed by atoms with van der Waals surface area (Å²) in [5.74, 6) is 1.21. The molecule has 0 amide bonds. The summed E-state index contributed by atoms with van der Waals surface area (Å²) < 4.78 is 7.97. The van der Waals surface area contributed by atoms with Crippen LogP contribution in [-0.2, 0) is 4.74 Å². The Bertz CT molecular complexity index is 577. The van der Waals surface area contributed by atoms with Gasteiger partial charge in [-0.3, -0.25) is 0 Å². The Morgan fingerprint density at radius 2 is 1.21 bits per heavy atom. The fourth-order valence-electron chi connectivity index (χ4n) is 1.63. The fourth-order valence-corrected chi connectivity index (χ4v) is 2.57. The molecule has 0 aliphatic rings. The van der Waals surface area contributed by atoms with Crippen molar-refractivity contribution in [3.8, 4) is 0 Å². The maximum absolute atomic E-state index is 5.73. The van der Waals surface area contributed by atoms with E-state index in [-0.39, 0.29) is 0 Å². The van der Waals surface area contributed by atoms with E-state index in [4.69, 9.17) is 4.74 Å². The van der Waals surface area contributed by atoms with Gasteiger partial charge in [-0.1, -0.05) is 0 Å². The fraction of sp³-hybridized carbons (Fsp3) is 0. The summed E-state index contributed by atoms with van der Waals surface area (Å²) in [6.45, 7) is 7.92. The average Bonchev–Trinajstić information content (AvgIpc) is 2.38. The summed E-state index contributed by atoms with van der Waals surface area (Å²) in [7, 11) is 0. The van der Waals surface area contributed by atoms with Crippen molar-refractivity contribution in [1.82, 2.24) is 0 Å². The van der Waals surface area contributed by atoms with E-state index in [0.29, 0.717) is 11.5 Å². The van der Waals surface area contributed by atoms with Gasteiger partial charge >= 0.3 is 131 Å². The van der Waals surface area contributed by atoms with Crippen molar-refractivity contribution >= 4 is 53.9 Å². The molecule has 0 saturated heterocycles. The van der Waals surface area contributed by atoms with Gasteiger partial charge in [-0.25, -0.2) is 0 Å². The van der Waals surface area contributed by atoms with Crippen LogP contribution in [0.25, 0.3) is 11.5 Å². The Hall–Kier alpha value is -1.16. The molecule has 2 aromatic carbocycles. The summed E-state index contributed by atoms with van der Waals surface area (Å²) in [5.41, 5.74) is 1.92. The first kappa shape index (κ1) is 14.3. The first-order valence-electron chi connectivity index (χ1n) is 5.71. The molecule has 4 radical (unpaired) electrons. The zero-order valence-corrected chi connectivity index (χ0v) is 14.1. The van der Waals surface area contributed by atoms with Crippen molar-refractivity contribution in [2.24, 2.45) is 0 Å². The van der Waals surface area contributed by atoms with Crippen LogP contribution in [0.2, 0.25) is 0 Å². The minimum absolute atomic E-state index is 0.605.